The maximum Gasteiger partial charge on any atom is 0.243 e. The molecule has 184 valence electrons. The van der Waals surface area contributed by atoms with Crippen molar-refractivity contribution < 1.29 is 17.5 Å². The van der Waals surface area contributed by atoms with E-state index in [0.29, 0.717) is 36.8 Å². The van der Waals surface area contributed by atoms with E-state index in [1.165, 1.54) is 34.2 Å². The van der Waals surface area contributed by atoms with Crippen LogP contribution in [0.5, 0.6) is 0 Å². The fourth-order valence-electron chi connectivity index (χ4n) is 4.23. The molecule has 2 fully saturated rings. The molecule has 1 saturated carbocycles. The first-order chi connectivity index (χ1) is 17.0. The highest BCUT2D eigenvalue weighted by atomic mass is 32.2. The molecular formula is C25H27FN4O3S2. The molecule has 5 rings (SSSR count). The molecule has 2 aromatic carbocycles. The number of hydrogen-bond acceptors (Lipinski definition) is 6. The molecule has 1 aliphatic heterocycles. The predicted molar refractivity (Wildman–Crippen MR) is 135 cm³/mol. The van der Waals surface area contributed by atoms with Crippen LogP contribution in [-0.2, 0) is 14.8 Å². The van der Waals surface area contributed by atoms with Gasteiger partial charge in [0.25, 0.3) is 0 Å². The van der Waals surface area contributed by atoms with Crippen LogP contribution in [-0.4, -0.2) is 49.4 Å². The minimum atomic E-state index is -3.56. The van der Waals surface area contributed by atoms with Gasteiger partial charge in [-0.3, -0.25) is 0 Å². The molecule has 2 aliphatic rings. The van der Waals surface area contributed by atoms with E-state index in [1.807, 2.05) is 10.1 Å². The number of aromatic nitrogens is 1. The van der Waals surface area contributed by atoms with Crippen LogP contribution in [0.3, 0.4) is 0 Å². The average Bonchev–Trinajstić information content (AvgIpc) is 3.27. The third-order valence-electron chi connectivity index (χ3n) is 6.17. The van der Waals surface area contributed by atoms with Gasteiger partial charge < -0.3 is 4.74 Å². The third-order valence-corrected chi connectivity index (χ3v) is 8.90. The summed E-state index contributed by atoms with van der Waals surface area (Å²) < 4.78 is 47.9. The molecule has 0 atom stereocenters. The molecule has 1 aromatic heterocycles. The number of halogens is 1. The van der Waals surface area contributed by atoms with Gasteiger partial charge in [0.15, 0.2) is 0 Å². The molecule has 0 radical (unpaired) electrons. The smallest absolute Gasteiger partial charge is 0.243 e. The zero-order valence-corrected chi connectivity index (χ0v) is 20.9. The zero-order valence-electron chi connectivity index (χ0n) is 19.3. The largest absolute Gasteiger partial charge is 0.379 e. The van der Waals surface area contributed by atoms with E-state index in [1.54, 1.807) is 36.4 Å². The second kappa shape index (κ2) is 10.5. The highest BCUT2D eigenvalue weighted by Gasteiger charge is 2.26. The Morgan fingerprint density at radius 3 is 2.29 bits per heavy atom. The third kappa shape index (κ3) is 5.45. The number of sulfonamides is 1. The Labute approximate surface area is 208 Å². The van der Waals surface area contributed by atoms with E-state index in [9.17, 15) is 12.8 Å². The van der Waals surface area contributed by atoms with Crippen LogP contribution in [0.25, 0.3) is 11.3 Å². The molecule has 0 spiro atoms. The number of nitrogens with zero attached hydrogens (tertiary/aromatic N) is 4. The van der Waals surface area contributed by atoms with E-state index < -0.39 is 10.0 Å². The number of rotatable bonds is 5. The number of benzene rings is 2. The molecule has 2 heterocycles. The standard InChI is InChI=1S/C25H27FN4O3S2/c26-20-8-6-19(7-9-20)24-18-34-25(30(24)28-22-4-2-1-3-5-22)27-21-10-12-23(13-11-21)35(31,32)29-14-16-33-17-15-29/h6-13,18H,1-5,14-17H2. The van der Waals surface area contributed by atoms with Gasteiger partial charge in [-0.15, -0.1) is 11.3 Å². The summed E-state index contributed by atoms with van der Waals surface area (Å²) in [4.78, 5) is 5.69. The Hall–Kier alpha value is -2.66. The Balaban J connectivity index is 1.50. The van der Waals surface area contributed by atoms with Crippen LogP contribution in [0.15, 0.2) is 68.9 Å². The maximum atomic E-state index is 13.5. The lowest BCUT2D eigenvalue weighted by atomic mass is 9.99. The van der Waals surface area contributed by atoms with E-state index >= 15 is 0 Å². The Kier molecular flexibility index (Phi) is 7.24. The Morgan fingerprint density at radius 2 is 1.60 bits per heavy atom. The van der Waals surface area contributed by atoms with E-state index in [4.69, 9.17) is 14.8 Å². The second-order valence-corrected chi connectivity index (χ2v) is 11.3. The number of hydrogen-bond donors (Lipinski definition) is 0. The molecule has 0 N–H and O–H groups in total. The highest BCUT2D eigenvalue weighted by Crippen LogP contribution is 2.24. The van der Waals surface area contributed by atoms with Crippen molar-refractivity contribution in [2.24, 2.45) is 10.1 Å². The number of morpholine rings is 1. The van der Waals surface area contributed by atoms with Crippen LogP contribution in [0, 0.1) is 5.82 Å². The van der Waals surface area contributed by atoms with Gasteiger partial charge in [0.1, 0.15) is 5.82 Å². The molecule has 7 nitrogen and oxygen atoms in total. The summed E-state index contributed by atoms with van der Waals surface area (Å²) in [6.07, 6.45) is 5.38. The van der Waals surface area contributed by atoms with Crippen LogP contribution in [0.4, 0.5) is 10.1 Å². The Bertz CT molecular complexity index is 1360. The van der Waals surface area contributed by atoms with Crippen molar-refractivity contribution in [2.75, 3.05) is 26.3 Å². The lowest BCUT2D eigenvalue weighted by Crippen LogP contribution is -2.40. The van der Waals surface area contributed by atoms with Crippen molar-refractivity contribution in [3.8, 4) is 11.3 Å². The second-order valence-electron chi connectivity index (χ2n) is 8.57. The lowest BCUT2D eigenvalue weighted by Gasteiger charge is -2.26. The monoisotopic (exact) mass is 514 g/mol. The molecule has 0 bridgehead atoms. The van der Waals surface area contributed by atoms with Gasteiger partial charge in [-0.2, -0.15) is 9.41 Å². The van der Waals surface area contributed by atoms with Gasteiger partial charge in [-0.25, -0.2) is 22.5 Å². The number of ether oxygens (including phenoxy) is 1. The first-order valence-electron chi connectivity index (χ1n) is 11.8. The topological polar surface area (TPSA) is 76.3 Å². The minimum absolute atomic E-state index is 0.242. The van der Waals surface area contributed by atoms with Crippen LogP contribution in [0.2, 0.25) is 0 Å². The van der Waals surface area contributed by atoms with Crippen LogP contribution < -0.4 is 4.80 Å². The van der Waals surface area contributed by atoms with Crippen LogP contribution >= 0.6 is 11.3 Å². The van der Waals surface area contributed by atoms with Crippen molar-refractivity contribution in [1.29, 1.82) is 0 Å². The maximum absolute atomic E-state index is 13.5. The summed E-state index contributed by atoms with van der Waals surface area (Å²) in [5.41, 5.74) is 3.47. The van der Waals surface area contributed by atoms with Gasteiger partial charge in [0, 0.05) is 29.7 Å². The van der Waals surface area contributed by atoms with Gasteiger partial charge in [0.2, 0.25) is 14.8 Å². The molecule has 0 unspecified atom stereocenters. The van der Waals surface area contributed by atoms with Gasteiger partial charge in [0.05, 0.1) is 29.5 Å². The van der Waals surface area contributed by atoms with Crippen molar-refractivity contribution in [2.45, 2.75) is 37.0 Å². The summed E-state index contributed by atoms with van der Waals surface area (Å²) >= 11 is 1.45. The van der Waals surface area contributed by atoms with Crippen molar-refractivity contribution in [3.05, 3.63) is 64.5 Å². The van der Waals surface area contributed by atoms with Crippen molar-refractivity contribution >= 4 is 32.8 Å². The molecule has 1 aliphatic carbocycles. The Morgan fingerprint density at radius 1 is 0.914 bits per heavy atom. The molecule has 35 heavy (non-hydrogen) atoms. The number of thiazole rings is 1. The van der Waals surface area contributed by atoms with Gasteiger partial charge in [-0.05, 0) is 74.2 Å². The fraction of sp³-hybridized carbons (Fsp3) is 0.360. The summed E-state index contributed by atoms with van der Waals surface area (Å²) in [7, 11) is -3.56. The lowest BCUT2D eigenvalue weighted by molar-refractivity contribution is 0.0730. The molecular weight excluding hydrogens is 487 g/mol. The van der Waals surface area contributed by atoms with Gasteiger partial charge in [-0.1, -0.05) is 6.42 Å². The highest BCUT2D eigenvalue weighted by molar-refractivity contribution is 7.89. The molecule has 1 saturated heterocycles. The SMILES string of the molecule is O=S(=O)(c1ccc(N=c2scc(-c3ccc(F)cc3)n2N=C2CCCCC2)cc1)N1CCOCC1. The van der Waals surface area contributed by atoms with Crippen LogP contribution in [0.1, 0.15) is 32.1 Å². The summed E-state index contributed by atoms with van der Waals surface area (Å²) in [5, 5.41) is 6.90. The van der Waals surface area contributed by atoms with E-state index in [2.05, 4.69) is 0 Å². The van der Waals surface area contributed by atoms with Gasteiger partial charge >= 0.3 is 0 Å². The average molecular weight is 515 g/mol. The summed E-state index contributed by atoms with van der Waals surface area (Å²) in [6.45, 7) is 1.53. The fourth-order valence-corrected chi connectivity index (χ4v) is 6.49. The minimum Gasteiger partial charge on any atom is -0.379 e. The molecule has 10 heteroatoms. The van der Waals surface area contributed by atoms with Crippen molar-refractivity contribution in [1.82, 2.24) is 8.98 Å². The zero-order chi connectivity index (χ0) is 24.3. The normalized spacial score (nSPS) is 18.1. The molecule has 0 amide bonds. The molecule has 3 aromatic rings. The summed E-state index contributed by atoms with van der Waals surface area (Å²) in [6, 6.07) is 13.0. The van der Waals surface area contributed by atoms with Crippen molar-refractivity contribution in [3.63, 3.8) is 0 Å². The quantitative estimate of drug-likeness (QED) is 0.492. The van der Waals surface area contributed by atoms with E-state index in [-0.39, 0.29) is 10.7 Å². The predicted octanol–water partition coefficient (Wildman–Crippen LogP) is 4.78. The first-order valence-corrected chi connectivity index (χ1v) is 14.1. The summed E-state index contributed by atoms with van der Waals surface area (Å²) in [5.74, 6) is -0.286. The van der Waals surface area contributed by atoms with E-state index in [0.717, 1.165) is 42.7 Å². The first kappa shape index (κ1) is 24.1.